The zero-order valence-electron chi connectivity index (χ0n) is 11.7. The van der Waals surface area contributed by atoms with Crippen molar-refractivity contribution in [3.05, 3.63) is 64.3 Å². The molecule has 3 aromatic rings. The summed E-state index contributed by atoms with van der Waals surface area (Å²) < 4.78 is 0. The van der Waals surface area contributed by atoms with E-state index in [1.165, 1.54) is 30.6 Å². The molecule has 0 fully saturated rings. The summed E-state index contributed by atoms with van der Waals surface area (Å²) in [5.41, 5.74) is 4.24. The van der Waals surface area contributed by atoms with Gasteiger partial charge in [-0.25, -0.2) is 4.98 Å². The van der Waals surface area contributed by atoms with E-state index in [4.69, 9.17) is 0 Å². The summed E-state index contributed by atoms with van der Waals surface area (Å²) >= 11 is 0. The summed E-state index contributed by atoms with van der Waals surface area (Å²) in [6.07, 6.45) is 2.80. The highest BCUT2D eigenvalue weighted by atomic mass is 16.6. The second kappa shape index (κ2) is 6.06. The van der Waals surface area contributed by atoms with E-state index in [0.29, 0.717) is 11.3 Å². The van der Waals surface area contributed by atoms with Crippen LogP contribution in [-0.4, -0.2) is 26.2 Å². The third kappa shape index (κ3) is 3.21. The molecule has 0 aliphatic heterocycles. The third-order valence-corrected chi connectivity index (χ3v) is 3.05. The normalized spacial score (nSPS) is 11.0. The molecule has 0 radical (unpaired) electrons. The number of nitro benzene ring substituents is 1. The Morgan fingerprint density at radius 3 is 2.78 bits per heavy atom. The fourth-order valence-electron chi connectivity index (χ4n) is 1.94. The predicted molar refractivity (Wildman–Crippen MR) is 85.5 cm³/mol. The number of fused-ring (bicyclic) bond motifs is 1. The van der Waals surface area contributed by atoms with Crippen LogP contribution in [0.2, 0.25) is 0 Å². The van der Waals surface area contributed by atoms with E-state index in [9.17, 15) is 15.2 Å². The monoisotopic (exact) mass is 309 g/mol. The van der Waals surface area contributed by atoms with Gasteiger partial charge in [0.1, 0.15) is 5.75 Å². The van der Waals surface area contributed by atoms with Crippen LogP contribution in [0, 0.1) is 10.1 Å². The number of phenolic OH excluding ortho intramolecular Hbond substituents is 1. The zero-order chi connectivity index (χ0) is 16.2. The van der Waals surface area contributed by atoms with Crippen molar-refractivity contribution >= 4 is 28.8 Å². The van der Waals surface area contributed by atoms with Gasteiger partial charge in [0.2, 0.25) is 0 Å². The molecule has 8 nitrogen and oxygen atoms in total. The summed E-state index contributed by atoms with van der Waals surface area (Å²) in [6.45, 7) is 0. The van der Waals surface area contributed by atoms with Gasteiger partial charge in [-0.1, -0.05) is 12.1 Å². The Hall–Kier alpha value is -3.55. The highest BCUT2D eigenvalue weighted by Gasteiger charge is 2.08. The fourth-order valence-corrected chi connectivity index (χ4v) is 1.94. The molecule has 0 atom stereocenters. The number of hydrazone groups is 1. The molecule has 0 aliphatic rings. The van der Waals surface area contributed by atoms with Crippen LogP contribution in [0.5, 0.6) is 5.75 Å². The largest absolute Gasteiger partial charge is 0.507 e. The van der Waals surface area contributed by atoms with Crippen molar-refractivity contribution < 1.29 is 10.0 Å². The van der Waals surface area contributed by atoms with E-state index in [1.54, 1.807) is 0 Å². The van der Waals surface area contributed by atoms with Crippen LogP contribution in [0.25, 0.3) is 11.0 Å². The van der Waals surface area contributed by atoms with Crippen molar-refractivity contribution in [2.75, 3.05) is 5.43 Å². The summed E-state index contributed by atoms with van der Waals surface area (Å²) in [7, 11) is 0. The second-order valence-electron chi connectivity index (χ2n) is 4.61. The molecule has 0 bridgehead atoms. The maximum absolute atomic E-state index is 10.7. The topological polar surface area (TPSA) is 114 Å². The number of rotatable bonds is 4. The molecule has 3 rings (SSSR count). The predicted octanol–water partition coefficient (Wildman–Crippen LogP) is 2.69. The summed E-state index contributed by atoms with van der Waals surface area (Å²) in [5.74, 6) is 0.315. The van der Waals surface area contributed by atoms with Crippen LogP contribution in [-0.2, 0) is 0 Å². The molecule has 1 aromatic heterocycles. The van der Waals surface area contributed by atoms with E-state index >= 15 is 0 Å². The Balaban J connectivity index is 1.80. The van der Waals surface area contributed by atoms with Crippen molar-refractivity contribution in [2.24, 2.45) is 5.10 Å². The number of nitrogens with zero attached hydrogens (tertiary/aromatic N) is 4. The molecular formula is C15H11N5O3. The lowest BCUT2D eigenvalue weighted by atomic mass is 10.2. The Morgan fingerprint density at radius 2 is 2.00 bits per heavy atom. The maximum atomic E-state index is 10.7. The van der Waals surface area contributed by atoms with Gasteiger partial charge < -0.3 is 5.11 Å². The number of nitrogens with one attached hydrogen (secondary N) is 1. The second-order valence-corrected chi connectivity index (χ2v) is 4.61. The third-order valence-electron chi connectivity index (χ3n) is 3.05. The van der Waals surface area contributed by atoms with Gasteiger partial charge in [-0.3, -0.25) is 20.5 Å². The molecule has 2 N–H and O–H groups in total. The first kappa shape index (κ1) is 14.4. The van der Waals surface area contributed by atoms with Crippen molar-refractivity contribution in [3.63, 3.8) is 0 Å². The molecule has 8 heteroatoms. The number of aromatic nitrogens is 2. The number of hydrogen-bond donors (Lipinski definition) is 2. The zero-order valence-corrected chi connectivity index (χ0v) is 11.7. The van der Waals surface area contributed by atoms with Crippen LogP contribution < -0.4 is 5.43 Å². The first-order valence-electron chi connectivity index (χ1n) is 6.62. The minimum Gasteiger partial charge on any atom is -0.507 e. The lowest BCUT2D eigenvalue weighted by Gasteiger charge is -2.02. The smallest absolute Gasteiger partial charge is 0.270 e. The first-order chi connectivity index (χ1) is 11.1. The van der Waals surface area contributed by atoms with Crippen LogP contribution in [0.4, 0.5) is 11.5 Å². The van der Waals surface area contributed by atoms with E-state index in [-0.39, 0.29) is 17.0 Å². The molecule has 0 saturated carbocycles. The number of hydrogen-bond acceptors (Lipinski definition) is 7. The number of nitro groups is 1. The Labute approximate surface area is 130 Å². The van der Waals surface area contributed by atoms with Crippen LogP contribution in [0.1, 0.15) is 5.56 Å². The van der Waals surface area contributed by atoms with Gasteiger partial charge in [0.05, 0.1) is 28.4 Å². The Morgan fingerprint density at radius 1 is 1.22 bits per heavy atom. The lowest BCUT2D eigenvalue weighted by molar-refractivity contribution is -0.384. The first-order valence-corrected chi connectivity index (χ1v) is 6.62. The molecule has 2 aromatic carbocycles. The van der Waals surface area contributed by atoms with Gasteiger partial charge in [-0.15, -0.1) is 0 Å². The molecule has 23 heavy (non-hydrogen) atoms. The number of phenols is 1. The van der Waals surface area contributed by atoms with Gasteiger partial charge in [0.15, 0.2) is 5.82 Å². The van der Waals surface area contributed by atoms with Crippen LogP contribution >= 0.6 is 0 Å². The van der Waals surface area contributed by atoms with Crippen molar-refractivity contribution in [1.82, 2.24) is 9.97 Å². The van der Waals surface area contributed by atoms with E-state index < -0.39 is 4.92 Å². The number of benzene rings is 2. The SMILES string of the molecule is O=[N+]([O-])c1ccc(O)c(/C=N/Nc2cnc3ccccc3n2)c1. The molecule has 0 unspecified atom stereocenters. The summed E-state index contributed by atoms with van der Waals surface area (Å²) in [5, 5.41) is 24.3. The van der Waals surface area contributed by atoms with E-state index in [2.05, 4.69) is 20.5 Å². The highest BCUT2D eigenvalue weighted by molar-refractivity contribution is 5.85. The summed E-state index contributed by atoms with van der Waals surface area (Å²) in [6, 6.07) is 11.1. The van der Waals surface area contributed by atoms with E-state index in [0.717, 1.165) is 5.52 Å². The molecular weight excluding hydrogens is 298 g/mol. The molecule has 0 amide bonds. The average Bonchev–Trinajstić information content (AvgIpc) is 2.56. The highest BCUT2D eigenvalue weighted by Crippen LogP contribution is 2.21. The molecule has 0 spiro atoms. The van der Waals surface area contributed by atoms with Crippen molar-refractivity contribution in [2.45, 2.75) is 0 Å². The quantitative estimate of drug-likeness (QED) is 0.435. The Kier molecular flexibility index (Phi) is 3.79. The van der Waals surface area contributed by atoms with E-state index in [1.807, 2.05) is 24.3 Å². The van der Waals surface area contributed by atoms with Gasteiger partial charge >= 0.3 is 0 Å². The van der Waals surface area contributed by atoms with Gasteiger partial charge in [-0.2, -0.15) is 5.10 Å². The van der Waals surface area contributed by atoms with Crippen molar-refractivity contribution in [1.29, 1.82) is 0 Å². The molecule has 114 valence electrons. The molecule has 1 heterocycles. The van der Waals surface area contributed by atoms with Gasteiger partial charge in [0, 0.05) is 17.7 Å². The number of non-ortho nitro benzene ring substituents is 1. The minimum atomic E-state index is -0.543. The summed E-state index contributed by atoms with van der Waals surface area (Å²) in [4.78, 5) is 18.7. The minimum absolute atomic E-state index is 0.106. The average molecular weight is 309 g/mol. The maximum Gasteiger partial charge on any atom is 0.270 e. The Bertz CT molecular complexity index is 911. The van der Waals surface area contributed by atoms with Gasteiger partial charge in [-0.05, 0) is 18.2 Å². The molecule has 0 aliphatic carbocycles. The number of aromatic hydroxyl groups is 1. The van der Waals surface area contributed by atoms with Crippen LogP contribution in [0.3, 0.4) is 0 Å². The number of para-hydroxylation sites is 2. The lowest BCUT2D eigenvalue weighted by Crippen LogP contribution is -1.96. The number of anilines is 1. The standard InChI is InChI=1S/C15H11N5O3/c21-14-6-5-11(20(22)23)7-10(14)8-17-19-15-9-16-12-3-1-2-4-13(12)18-15/h1-9,21H,(H,18,19)/b17-8+. The van der Waals surface area contributed by atoms with Gasteiger partial charge in [0.25, 0.3) is 5.69 Å². The molecule has 0 saturated heterocycles. The van der Waals surface area contributed by atoms with Crippen molar-refractivity contribution in [3.8, 4) is 5.75 Å². The fraction of sp³-hybridized carbons (Fsp3) is 0. The van der Waals surface area contributed by atoms with Crippen LogP contribution in [0.15, 0.2) is 53.8 Å².